The molecule has 0 spiro atoms. The highest BCUT2D eigenvalue weighted by Gasteiger charge is 2.00. The molecule has 0 atom stereocenters. The van der Waals surface area contributed by atoms with Crippen LogP contribution in [0.2, 0.25) is 0 Å². The molecule has 1 N–H and O–H groups in total. The zero-order valence-electron chi connectivity index (χ0n) is 6.74. The highest BCUT2D eigenvalue weighted by atomic mass is 16.5. The van der Waals surface area contributed by atoms with E-state index in [-0.39, 0.29) is 0 Å². The molecule has 62 valence electrons. The predicted molar refractivity (Wildman–Crippen MR) is 44.6 cm³/mol. The average Bonchev–Trinajstić information content (AvgIpc) is 2.47. The number of H-pyrrole nitrogens is 1. The Balaban J connectivity index is 2.47. The lowest BCUT2D eigenvalue weighted by atomic mass is 10.4. The first kappa shape index (κ1) is 7.24. The molecule has 2 aromatic heterocycles. The van der Waals surface area contributed by atoms with Crippen molar-refractivity contribution in [3.05, 3.63) is 24.2 Å². The number of fused-ring (bicyclic) bond motifs is 1. The Morgan fingerprint density at radius 1 is 1.58 bits per heavy atom. The summed E-state index contributed by atoms with van der Waals surface area (Å²) in [4.78, 5) is 11.4. The van der Waals surface area contributed by atoms with Gasteiger partial charge in [0, 0.05) is 13.3 Å². The molecule has 2 heterocycles. The second-order valence-electron chi connectivity index (χ2n) is 2.49. The van der Waals surface area contributed by atoms with Crippen molar-refractivity contribution >= 4 is 11.2 Å². The Bertz CT molecular complexity index is 349. The lowest BCUT2D eigenvalue weighted by molar-refractivity contribution is 0.179. The molecular weight excluding hydrogens is 154 g/mol. The number of aromatic amines is 1. The molecule has 0 saturated heterocycles. The number of rotatable bonds is 2. The molecule has 0 aromatic carbocycles. The number of nitrogens with zero attached hydrogens (tertiary/aromatic N) is 2. The summed E-state index contributed by atoms with van der Waals surface area (Å²) < 4.78 is 4.94. The van der Waals surface area contributed by atoms with Crippen molar-refractivity contribution in [3.8, 4) is 0 Å². The Morgan fingerprint density at radius 2 is 2.50 bits per heavy atom. The van der Waals surface area contributed by atoms with Crippen LogP contribution in [0.4, 0.5) is 0 Å². The van der Waals surface area contributed by atoms with E-state index in [1.165, 1.54) is 0 Å². The van der Waals surface area contributed by atoms with E-state index in [0.29, 0.717) is 6.61 Å². The number of hydrogen-bond acceptors (Lipinski definition) is 3. The molecule has 0 saturated carbocycles. The molecule has 4 heteroatoms. The molecule has 0 aliphatic carbocycles. The van der Waals surface area contributed by atoms with Gasteiger partial charge >= 0.3 is 0 Å². The van der Waals surface area contributed by atoms with Gasteiger partial charge in [-0.2, -0.15) is 0 Å². The summed E-state index contributed by atoms with van der Waals surface area (Å²) in [6.07, 6.45) is 1.72. The summed E-state index contributed by atoms with van der Waals surface area (Å²) in [6, 6.07) is 3.81. The number of ether oxygens (including phenoxy) is 1. The number of methoxy groups -OCH3 is 1. The smallest absolute Gasteiger partial charge is 0.177 e. The first-order valence-electron chi connectivity index (χ1n) is 3.68. The van der Waals surface area contributed by atoms with Gasteiger partial charge in [0.05, 0.1) is 5.52 Å². The zero-order valence-corrected chi connectivity index (χ0v) is 6.74. The number of hydrogen-bond donors (Lipinski definition) is 1. The SMILES string of the molecule is COCc1nc2ncccc2[nH]1. The van der Waals surface area contributed by atoms with Crippen molar-refractivity contribution in [3.63, 3.8) is 0 Å². The van der Waals surface area contributed by atoms with Crippen LogP contribution in [0.5, 0.6) is 0 Å². The van der Waals surface area contributed by atoms with Crippen LogP contribution in [0, 0.1) is 0 Å². The normalized spacial score (nSPS) is 10.8. The second-order valence-corrected chi connectivity index (χ2v) is 2.49. The van der Waals surface area contributed by atoms with Gasteiger partial charge in [0.2, 0.25) is 0 Å². The number of pyridine rings is 1. The summed E-state index contributed by atoms with van der Waals surface area (Å²) in [7, 11) is 1.64. The van der Waals surface area contributed by atoms with Gasteiger partial charge < -0.3 is 9.72 Å². The summed E-state index contributed by atoms with van der Waals surface area (Å²) in [5, 5.41) is 0. The third kappa shape index (κ3) is 1.16. The Morgan fingerprint density at radius 3 is 3.25 bits per heavy atom. The fraction of sp³-hybridized carbons (Fsp3) is 0.250. The van der Waals surface area contributed by atoms with Crippen molar-refractivity contribution in [1.82, 2.24) is 15.0 Å². The van der Waals surface area contributed by atoms with E-state index >= 15 is 0 Å². The van der Waals surface area contributed by atoms with Crippen LogP contribution in [-0.4, -0.2) is 22.1 Å². The fourth-order valence-corrected chi connectivity index (χ4v) is 1.10. The molecule has 0 aliphatic rings. The van der Waals surface area contributed by atoms with Crippen molar-refractivity contribution in [1.29, 1.82) is 0 Å². The lowest BCUT2D eigenvalue weighted by Crippen LogP contribution is -1.88. The van der Waals surface area contributed by atoms with E-state index in [2.05, 4.69) is 15.0 Å². The lowest BCUT2D eigenvalue weighted by Gasteiger charge is -1.89. The minimum atomic E-state index is 0.496. The highest BCUT2D eigenvalue weighted by molar-refractivity contribution is 5.69. The maximum absolute atomic E-state index is 4.94. The van der Waals surface area contributed by atoms with Crippen molar-refractivity contribution in [2.75, 3.05) is 7.11 Å². The summed E-state index contributed by atoms with van der Waals surface area (Å²) in [5.74, 6) is 0.811. The van der Waals surface area contributed by atoms with Gasteiger partial charge in [-0.1, -0.05) is 0 Å². The van der Waals surface area contributed by atoms with E-state index in [0.717, 1.165) is 17.0 Å². The van der Waals surface area contributed by atoms with Crippen molar-refractivity contribution < 1.29 is 4.74 Å². The van der Waals surface area contributed by atoms with Crippen LogP contribution in [0.25, 0.3) is 11.2 Å². The Labute approximate surface area is 69.6 Å². The van der Waals surface area contributed by atoms with E-state index in [9.17, 15) is 0 Å². The van der Waals surface area contributed by atoms with Crippen LogP contribution in [0.15, 0.2) is 18.3 Å². The fourth-order valence-electron chi connectivity index (χ4n) is 1.10. The highest BCUT2D eigenvalue weighted by Crippen LogP contribution is 2.07. The molecule has 0 radical (unpaired) electrons. The van der Waals surface area contributed by atoms with Crippen LogP contribution in [0.3, 0.4) is 0 Å². The average molecular weight is 163 g/mol. The monoisotopic (exact) mass is 163 g/mol. The quantitative estimate of drug-likeness (QED) is 0.721. The Kier molecular flexibility index (Phi) is 1.75. The first-order chi connectivity index (χ1) is 5.90. The molecule has 0 bridgehead atoms. The minimum Gasteiger partial charge on any atom is -0.377 e. The van der Waals surface area contributed by atoms with Gasteiger partial charge in [-0.15, -0.1) is 0 Å². The van der Waals surface area contributed by atoms with Gasteiger partial charge in [-0.05, 0) is 12.1 Å². The molecule has 0 amide bonds. The molecule has 12 heavy (non-hydrogen) atoms. The van der Waals surface area contributed by atoms with E-state index in [4.69, 9.17) is 4.74 Å². The van der Waals surface area contributed by atoms with Gasteiger partial charge in [-0.25, -0.2) is 9.97 Å². The maximum Gasteiger partial charge on any atom is 0.177 e. The molecule has 0 aliphatic heterocycles. The minimum absolute atomic E-state index is 0.496. The van der Waals surface area contributed by atoms with Gasteiger partial charge in [0.15, 0.2) is 5.65 Å². The molecule has 0 unspecified atom stereocenters. The molecule has 0 fully saturated rings. The van der Waals surface area contributed by atoms with Crippen LogP contribution in [-0.2, 0) is 11.3 Å². The van der Waals surface area contributed by atoms with Crippen LogP contribution < -0.4 is 0 Å². The summed E-state index contributed by atoms with van der Waals surface area (Å²) in [6.45, 7) is 0.496. The van der Waals surface area contributed by atoms with Crippen molar-refractivity contribution in [2.45, 2.75) is 6.61 Å². The molecular formula is C8H9N3O. The molecule has 2 aromatic rings. The standard InChI is InChI=1S/C8H9N3O/c1-12-5-7-10-6-3-2-4-9-8(6)11-7/h2-4H,5H2,1H3,(H,9,10,11). The molecule has 4 nitrogen and oxygen atoms in total. The second kappa shape index (κ2) is 2.91. The zero-order chi connectivity index (χ0) is 8.39. The molecule has 2 rings (SSSR count). The topological polar surface area (TPSA) is 50.8 Å². The number of imidazole rings is 1. The van der Waals surface area contributed by atoms with Crippen LogP contribution >= 0.6 is 0 Å². The van der Waals surface area contributed by atoms with Gasteiger partial charge in [0.1, 0.15) is 12.4 Å². The summed E-state index contributed by atoms with van der Waals surface area (Å²) >= 11 is 0. The summed E-state index contributed by atoms with van der Waals surface area (Å²) in [5.41, 5.74) is 1.69. The maximum atomic E-state index is 4.94. The van der Waals surface area contributed by atoms with Crippen molar-refractivity contribution in [2.24, 2.45) is 0 Å². The van der Waals surface area contributed by atoms with E-state index < -0.39 is 0 Å². The van der Waals surface area contributed by atoms with E-state index in [1.807, 2.05) is 12.1 Å². The Hall–Kier alpha value is -1.42. The van der Waals surface area contributed by atoms with E-state index in [1.54, 1.807) is 13.3 Å². The third-order valence-corrected chi connectivity index (χ3v) is 1.59. The largest absolute Gasteiger partial charge is 0.377 e. The first-order valence-corrected chi connectivity index (χ1v) is 3.68. The predicted octanol–water partition coefficient (Wildman–Crippen LogP) is 1.10. The number of nitrogens with one attached hydrogen (secondary N) is 1. The van der Waals surface area contributed by atoms with Gasteiger partial charge in [-0.3, -0.25) is 0 Å². The van der Waals surface area contributed by atoms with Crippen LogP contribution in [0.1, 0.15) is 5.82 Å². The third-order valence-electron chi connectivity index (χ3n) is 1.59. The number of aromatic nitrogens is 3. The van der Waals surface area contributed by atoms with Gasteiger partial charge in [0.25, 0.3) is 0 Å².